The molecule has 0 atom stereocenters. The van der Waals surface area contributed by atoms with E-state index in [0.717, 1.165) is 15.9 Å². The van der Waals surface area contributed by atoms with Gasteiger partial charge >= 0.3 is 0 Å². The van der Waals surface area contributed by atoms with Crippen LogP contribution < -0.4 is 0 Å². The van der Waals surface area contributed by atoms with Crippen LogP contribution in [-0.4, -0.2) is 14.8 Å². The molecule has 0 saturated heterocycles. The van der Waals surface area contributed by atoms with E-state index in [2.05, 4.69) is 26.1 Å². The van der Waals surface area contributed by atoms with Gasteiger partial charge in [-0.3, -0.25) is 5.10 Å². The summed E-state index contributed by atoms with van der Waals surface area (Å²) in [6, 6.07) is 7.95. The quantitative estimate of drug-likeness (QED) is 0.808. The molecule has 0 bridgehead atoms. The van der Waals surface area contributed by atoms with Crippen LogP contribution in [0, 0.1) is 4.77 Å². The Kier molecular flexibility index (Phi) is 2.52. The molecule has 14 heavy (non-hydrogen) atoms. The van der Waals surface area contributed by atoms with Gasteiger partial charge in [0.25, 0.3) is 0 Å². The highest BCUT2D eigenvalue weighted by Crippen LogP contribution is 2.20. The van der Waals surface area contributed by atoms with E-state index in [9.17, 15) is 0 Å². The molecular formula is C9H8BrN3S. The molecule has 0 aliphatic heterocycles. The van der Waals surface area contributed by atoms with E-state index < -0.39 is 0 Å². The molecule has 72 valence electrons. The predicted molar refractivity (Wildman–Crippen MR) is 61.5 cm³/mol. The van der Waals surface area contributed by atoms with Crippen molar-refractivity contribution in [2.24, 2.45) is 7.05 Å². The van der Waals surface area contributed by atoms with Crippen LogP contribution in [0.4, 0.5) is 0 Å². The van der Waals surface area contributed by atoms with Crippen molar-refractivity contribution in [1.82, 2.24) is 14.8 Å². The van der Waals surface area contributed by atoms with Gasteiger partial charge in [-0.05, 0) is 24.4 Å². The number of benzene rings is 1. The molecule has 0 amide bonds. The van der Waals surface area contributed by atoms with Crippen LogP contribution in [0.3, 0.4) is 0 Å². The number of hydrogen-bond acceptors (Lipinski definition) is 2. The lowest BCUT2D eigenvalue weighted by Crippen LogP contribution is -1.92. The maximum absolute atomic E-state index is 5.04. The van der Waals surface area contributed by atoms with Gasteiger partial charge in [-0.2, -0.15) is 5.10 Å². The van der Waals surface area contributed by atoms with Gasteiger partial charge in [0.15, 0.2) is 10.6 Å². The summed E-state index contributed by atoms with van der Waals surface area (Å²) < 4.78 is 3.50. The summed E-state index contributed by atoms with van der Waals surface area (Å²) in [4.78, 5) is 0. The Morgan fingerprint density at radius 1 is 1.50 bits per heavy atom. The first kappa shape index (κ1) is 9.61. The average molecular weight is 270 g/mol. The fourth-order valence-corrected chi connectivity index (χ4v) is 1.76. The SMILES string of the molecule is Cn1c(-c2cccc(Br)c2)n[nH]c1=S. The van der Waals surface area contributed by atoms with Crippen molar-refractivity contribution < 1.29 is 0 Å². The molecule has 1 aromatic carbocycles. The Morgan fingerprint density at radius 3 is 2.86 bits per heavy atom. The van der Waals surface area contributed by atoms with Gasteiger partial charge in [0, 0.05) is 17.1 Å². The lowest BCUT2D eigenvalue weighted by Gasteiger charge is -2.00. The first-order valence-corrected chi connectivity index (χ1v) is 5.26. The van der Waals surface area contributed by atoms with E-state index in [-0.39, 0.29) is 0 Å². The van der Waals surface area contributed by atoms with E-state index in [0.29, 0.717) is 4.77 Å². The van der Waals surface area contributed by atoms with E-state index in [1.807, 2.05) is 35.9 Å². The fraction of sp³-hybridized carbons (Fsp3) is 0.111. The smallest absolute Gasteiger partial charge is 0.195 e. The van der Waals surface area contributed by atoms with E-state index in [1.54, 1.807) is 0 Å². The Labute approximate surface area is 94.9 Å². The Morgan fingerprint density at radius 2 is 2.29 bits per heavy atom. The minimum atomic E-state index is 0.625. The second kappa shape index (κ2) is 3.67. The third-order valence-electron chi connectivity index (χ3n) is 1.96. The second-order valence-corrected chi connectivity index (χ2v) is 4.22. The van der Waals surface area contributed by atoms with Crippen molar-refractivity contribution in [3.05, 3.63) is 33.5 Å². The molecular weight excluding hydrogens is 262 g/mol. The van der Waals surface area contributed by atoms with E-state index >= 15 is 0 Å². The minimum Gasteiger partial charge on any atom is -0.303 e. The van der Waals surface area contributed by atoms with E-state index in [4.69, 9.17) is 12.2 Å². The van der Waals surface area contributed by atoms with Crippen LogP contribution in [0.15, 0.2) is 28.7 Å². The summed E-state index contributed by atoms with van der Waals surface area (Å²) in [5.41, 5.74) is 1.04. The molecule has 2 aromatic rings. The fourth-order valence-electron chi connectivity index (χ4n) is 1.23. The number of nitrogens with zero attached hydrogens (tertiary/aromatic N) is 2. The normalized spacial score (nSPS) is 10.4. The summed E-state index contributed by atoms with van der Waals surface area (Å²) in [6.07, 6.45) is 0. The lowest BCUT2D eigenvalue weighted by molar-refractivity contribution is 0.902. The van der Waals surface area contributed by atoms with Gasteiger partial charge in [-0.1, -0.05) is 28.1 Å². The zero-order chi connectivity index (χ0) is 10.1. The van der Waals surface area contributed by atoms with Crippen LogP contribution in [0.5, 0.6) is 0 Å². The van der Waals surface area contributed by atoms with Gasteiger partial charge < -0.3 is 4.57 Å². The topological polar surface area (TPSA) is 33.6 Å². The number of nitrogens with one attached hydrogen (secondary N) is 1. The molecule has 0 spiro atoms. The highest BCUT2D eigenvalue weighted by Gasteiger charge is 2.04. The first-order valence-electron chi connectivity index (χ1n) is 4.06. The Hall–Kier alpha value is -0.940. The number of H-pyrrole nitrogens is 1. The number of aromatic nitrogens is 3. The third kappa shape index (κ3) is 1.65. The molecule has 1 heterocycles. The van der Waals surface area contributed by atoms with Crippen molar-refractivity contribution in [3.63, 3.8) is 0 Å². The highest BCUT2D eigenvalue weighted by molar-refractivity contribution is 9.10. The highest BCUT2D eigenvalue weighted by atomic mass is 79.9. The molecule has 0 fully saturated rings. The molecule has 2 rings (SSSR count). The average Bonchev–Trinajstić information content (AvgIpc) is 2.48. The molecule has 0 saturated carbocycles. The van der Waals surface area contributed by atoms with Crippen molar-refractivity contribution in [3.8, 4) is 11.4 Å². The molecule has 5 heteroatoms. The van der Waals surface area contributed by atoms with Gasteiger partial charge in [0.05, 0.1) is 0 Å². The van der Waals surface area contributed by atoms with Crippen LogP contribution >= 0.6 is 28.1 Å². The Balaban J connectivity index is 2.60. The number of rotatable bonds is 1. The lowest BCUT2D eigenvalue weighted by atomic mass is 10.2. The molecule has 3 nitrogen and oxygen atoms in total. The van der Waals surface area contributed by atoms with Crippen LogP contribution in [0.2, 0.25) is 0 Å². The summed E-state index contributed by atoms with van der Waals surface area (Å²) in [7, 11) is 1.89. The largest absolute Gasteiger partial charge is 0.303 e. The summed E-state index contributed by atoms with van der Waals surface area (Å²) in [5.74, 6) is 0.844. The molecule has 1 N–H and O–H groups in total. The molecule has 1 aromatic heterocycles. The molecule has 0 aliphatic rings. The van der Waals surface area contributed by atoms with Crippen molar-refractivity contribution >= 4 is 28.1 Å². The number of aromatic amines is 1. The van der Waals surface area contributed by atoms with Gasteiger partial charge in [-0.25, -0.2) is 0 Å². The zero-order valence-electron chi connectivity index (χ0n) is 7.49. The molecule has 0 unspecified atom stereocenters. The van der Waals surface area contributed by atoms with Crippen molar-refractivity contribution in [2.45, 2.75) is 0 Å². The van der Waals surface area contributed by atoms with Crippen LogP contribution in [-0.2, 0) is 7.05 Å². The monoisotopic (exact) mass is 269 g/mol. The van der Waals surface area contributed by atoms with Crippen LogP contribution in [0.25, 0.3) is 11.4 Å². The standard InChI is InChI=1S/C9H8BrN3S/c1-13-8(11-12-9(13)14)6-3-2-4-7(10)5-6/h2-5H,1H3,(H,12,14). The van der Waals surface area contributed by atoms with Gasteiger partial charge in [0.2, 0.25) is 0 Å². The summed E-state index contributed by atoms with van der Waals surface area (Å²) in [6.45, 7) is 0. The third-order valence-corrected chi connectivity index (χ3v) is 2.82. The minimum absolute atomic E-state index is 0.625. The first-order chi connectivity index (χ1) is 6.68. The maximum Gasteiger partial charge on any atom is 0.195 e. The molecule has 0 aliphatic carbocycles. The van der Waals surface area contributed by atoms with Crippen molar-refractivity contribution in [1.29, 1.82) is 0 Å². The van der Waals surface area contributed by atoms with E-state index in [1.165, 1.54) is 0 Å². The number of hydrogen-bond donors (Lipinski definition) is 1. The maximum atomic E-state index is 5.04. The zero-order valence-corrected chi connectivity index (χ0v) is 9.89. The molecule has 0 radical (unpaired) electrons. The predicted octanol–water partition coefficient (Wildman–Crippen LogP) is 2.91. The second-order valence-electron chi connectivity index (χ2n) is 2.92. The van der Waals surface area contributed by atoms with Crippen LogP contribution in [0.1, 0.15) is 0 Å². The van der Waals surface area contributed by atoms with Gasteiger partial charge in [0.1, 0.15) is 0 Å². The van der Waals surface area contributed by atoms with Gasteiger partial charge in [-0.15, -0.1) is 0 Å². The summed E-state index contributed by atoms with van der Waals surface area (Å²) in [5, 5.41) is 6.91. The number of halogens is 1. The Bertz CT molecular complexity index is 515. The van der Waals surface area contributed by atoms with Crippen molar-refractivity contribution in [2.75, 3.05) is 0 Å². The summed E-state index contributed by atoms with van der Waals surface area (Å²) >= 11 is 8.46.